The van der Waals surface area contributed by atoms with E-state index in [2.05, 4.69) is 15.3 Å². The summed E-state index contributed by atoms with van der Waals surface area (Å²) in [6.07, 6.45) is 4.37. The molecule has 0 unspecified atom stereocenters. The lowest BCUT2D eigenvalue weighted by Crippen LogP contribution is -2.25. The monoisotopic (exact) mass is 884 g/mol. The van der Waals surface area contributed by atoms with Gasteiger partial charge in [0.25, 0.3) is 16.7 Å². The van der Waals surface area contributed by atoms with Gasteiger partial charge in [-0.2, -0.15) is 15.3 Å². The van der Waals surface area contributed by atoms with Crippen molar-refractivity contribution in [1.29, 1.82) is 0 Å². The van der Waals surface area contributed by atoms with Gasteiger partial charge in [-0.15, -0.1) is 0 Å². The van der Waals surface area contributed by atoms with Crippen molar-refractivity contribution in [2.75, 3.05) is 0 Å². The average molecular weight is 888 g/mol. The summed E-state index contributed by atoms with van der Waals surface area (Å²) < 4.78 is 3.87. The number of hydrogen-bond acceptors (Lipinski definition) is 8. The maximum Gasteiger partial charge on any atom is 0.448 e. The molecule has 0 bridgehead atoms. The minimum atomic E-state index is -1.17. The molecule has 19 heteroatoms. The number of halogens is 7. The van der Waals surface area contributed by atoms with Crippen molar-refractivity contribution in [3.8, 4) is 0 Å². The van der Waals surface area contributed by atoms with Crippen LogP contribution in [0.4, 0.5) is 0 Å². The van der Waals surface area contributed by atoms with Gasteiger partial charge in [-0.25, -0.2) is 14.0 Å². The normalized spacial score (nSPS) is 10.3. The summed E-state index contributed by atoms with van der Waals surface area (Å²) in [5.74, 6) is 0. The van der Waals surface area contributed by atoms with Gasteiger partial charge in [-0.1, -0.05) is 136 Å². The summed E-state index contributed by atoms with van der Waals surface area (Å²) in [7, 11) is -1.17. The third-order valence-electron chi connectivity index (χ3n) is 7.16. The lowest BCUT2D eigenvalue weighted by Gasteiger charge is -2.07. The first kappa shape index (κ1) is 45.7. The topological polar surface area (TPSA) is 145 Å². The van der Waals surface area contributed by atoms with E-state index < -0.39 is 12.7 Å². The average Bonchev–Trinajstić information content (AvgIpc) is 3.15. The molecule has 0 aliphatic carbocycles. The Kier molecular flexibility index (Phi) is 18.4. The molecule has 288 valence electrons. The molecule has 55 heavy (non-hydrogen) atoms. The van der Waals surface area contributed by atoms with E-state index in [4.69, 9.17) is 91.3 Å². The van der Waals surface area contributed by atoms with E-state index in [1.54, 1.807) is 38.2 Å². The van der Waals surface area contributed by atoms with Gasteiger partial charge in [0.05, 0.1) is 48.3 Å². The third-order valence-corrected chi connectivity index (χ3v) is 9.85. The Labute approximate surface area is 351 Å². The maximum absolute atomic E-state index is 11.9. The number of aryl methyl sites for hydroxylation is 1. The molecule has 3 aromatic carbocycles. The molecule has 0 aliphatic rings. The molecule has 0 spiro atoms. The van der Waals surface area contributed by atoms with E-state index >= 15 is 0 Å². The second kappa shape index (κ2) is 22.2. The lowest BCUT2D eigenvalue weighted by molar-refractivity contribution is 0.417. The van der Waals surface area contributed by atoms with Gasteiger partial charge in [0.1, 0.15) is 10.0 Å². The van der Waals surface area contributed by atoms with E-state index in [1.807, 2.05) is 54.6 Å². The fraction of sp³-hybridized carbons (Fsp3) is 0.167. The van der Waals surface area contributed by atoms with E-state index in [0.717, 1.165) is 16.7 Å². The van der Waals surface area contributed by atoms with Crippen molar-refractivity contribution >= 4 is 88.3 Å². The van der Waals surface area contributed by atoms with Crippen molar-refractivity contribution in [1.82, 2.24) is 29.3 Å². The van der Waals surface area contributed by atoms with Crippen LogP contribution in [0.1, 0.15) is 27.8 Å². The molecule has 6 rings (SSSR count). The second-order valence-electron chi connectivity index (χ2n) is 11.4. The van der Waals surface area contributed by atoms with Crippen LogP contribution in [0.5, 0.6) is 0 Å². The Balaban J connectivity index is 0.000000211. The molecule has 2 N–H and O–H groups in total. The molecule has 6 aromatic rings. The molecule has 0 amide bonds. The van der Waals surface area contributed by atoms with Crippen LogP contribution in [-0.2, 0) is 19.6 Å². The number of hydrogen-bond donors (Lipinski definition) is 2. The van der Waals surface area contributed by atoms with Crippen molar-refractivity contribution in [3.05, 3.63) is 185 Å². The fourth-order valence-electron chi connectivity index (χ4n) is 4.26. The first-order valence-corrected chi connectivity index (χ1v) is 18.6. The summed E-state index contributed by atoms with van der Waals surface area (Å²) >= 11 is 41.2. The van der Waals surface area contributed by atoms with E-state index in [9.17, 15) is 14.4 Å². The molecular weight excluding hydrogens is 855 g/mol. The van der Waals surface area contributed by atoms with Crippen molar-refractivity contribution in [3.63, 3.8) is 0 Å². The Morgan fingerprint density at radius 1 is 0.509 bits per heavy atom. The summed E-state index contributed by atoms with van der Waals surface area (Å²) in [6.45, 7) is 5.62. The van der Waals surface area contributed by atoms with E-state index in [0.29, 0.717) is 44.3 Å². The first-order valence-electron chi connectivity index (χ1n) is 15.9. The maximum atomic E-state index is 11.9. The van der Waals surface area contributed by atoms with Gasteiger partial charge in [-0.3, -0.25) is 14.4 Å². The summed E-state index contributed by atoms with van der Waals surface area (Å²) in [5.41, 5.74) is 2.72. The number of aromatic nitrogens is 6. The van der Waals surface area contributed by atoms with Crippen LogP contribution in [0.15, 0.2) is 106 Å². The van der Waals surface area contributed by atoms with Crippen LogP contribution in [0.25, 0.3) is 0 Å². The molecule has 3 aromatic heterocycles. The van der Waals surface area contributed by atoms with Crippen molar-refractivity contribution in [2.24, 2.45) is 0 Å². The molecule has 3 heterocycles. The fourth-order valence-corrected chi connectivity index (χ4v) is 5.39. The van der Waals surface area contributed by atoms with Crippen molar-refractivity contribution in [2.45, 2.75) is 40.3 Å². The highest BCUT2D eigenvalue weighted by atomic mass is 35.5. The first-order chi connectivity index (χ1) is 26.0. The summed E-state index contributed by atoms with van der Waals surface area (Å²) in [4.78, 5) is 35.5. The minimum absolute atomic E-state index is 0.0336. The van der Waals surface area contributed by atoms with E-state index in [1.165, 1.54) is 33.3 Å². The molecule has 0 radical (unpaired) electrons. The van der Waals surface area contributed by atoms with Crippen LogP contribution in [0.3, 0.4) is 0 Å². The largest absolute Gasteiger partial charge is 0.448 e. The standard InChI is InChI=1S/2C12H10Cl2N2O.C11H7Cl3N2O.CH5BO2/c1-8-11(14)6-15-16(12(8)17)7-9-4-2-3-5-10(9)13;1-8-6-15-16(12(17)11(8)14)7-9-4-2-3-5-10(9)13;12-8-4-2-1-3-7(8)6-16-11(17)10(14)9(13)5-15-16;1-2(3)4/h2*2-6H,7H2,1H3;1-5H,6H2;3-4H,1H3. The Hall–Kier alpha value is -3.69. The predicted octanol–water partition coefficient (Wildman–Crippen LogP) is 8.15. The summed E-state index contributed by atoms with van der Waals surface area (Å²) in [6, 6.07) is 21.9. The van der Waals surface area contributed by atoms with Gasteiger partial charge in [0.15, 0.2) is 0 Å². The highest BCUT2D eigenvalue weighted by Gasteiger charge is 2.10. The van der Waals surface area contributed by atoms with Gasteiger partial charge < -0.3 is 10.0 Å². The Bertz CT molecular complexity index is 2150. The van der Waals surface area contributed by atoms with Crippen LogP contribution in [0, 0.1) is 13.8 Å². The van der Waals surface area contributed by atoms with E-state index in [-0.39, 0.29) is 32.7 Å². The minimum Gasteiger partial charge on any atom is -0.427 e. The lowest BCUT2D eigenvalue weighted by atomic mass is 9.99. The second-order valence-corrected chi connectivity index (χ2v) is 14.2. The molecule has 0 saturated heterocycles. The van der Waals surface area contributed by atoms with Crippen LogP contribution < -0.4 is 16.7 Å². The Morgan fingerprint density at radius 2 is 0.836 bits per heavy atom. The zero-order valence-corrected chi connectivity index (χ0v) is 34.6. The zero-order chi connectivity index (χ0) is 40.8. The number of rotatable bonds is 6. The molecule has 0 aliphatic heterocycles. The van der Waals surface area contributed by atoms with Crippen molar-refractivity contribution < 1.29 is 10.0 Å². The Morgan fingerprint density at radius 3 is 1.24 bits per heavy atom. The predicted molar refractivity (Wildman–Crippen MR) is 223 cm³/mol. The molecule has 0 saturated carbocycles. The number of nitrogens with zero attached hydrogens (tertiary/aromatic N) is 6. The molecule has 0 atom stereocenters. The number of benzene rings is 3. The third kappa shape index (κ3) is 13.8. The molecular formula is C36H32BCl7N6O5. The van der Waals surface area contributed by atoms with Gasteiger partial charge in [0, 0.05) is 20.6 Å². The smallest absolute Gasteiger partial charge is 0.427 e. The van der Waals surface area contributed by atoms with Crippen LogP contribution in [-0.4, -0.2) is 46.5 Å². The highest BCUT2D eigenvalue weighted by Crippen LogP contribution is 2.19. The molecule has 0 fully saturated rings. The van der Waals surface area contributed by atoms with Gasteiger partial charge in [0.2, 0.25) is 0 Å². The SMILES string of the molecule is CB(O)O.Cc1c(Cl)cnn(Cc2ccccc2Cl)c1=O.Cc1cnn(Cc2ccccc2Cl)c(=O)c1Cl.O=c1c(Cl)c(Cl)cnn1Cc1ccccc1Cl. The van der Waals surface area contributed by atoms with Crippen LogP contribution in [0.2, 0.25) is 42.0 Å². The quantitative estimate of drug-likeness (QED) is 0.160. The molecule has 11 nitrogen and oxygen atoms in total. The summed E-state index contributed by atoms with van der Waals surface area (Å²) in [5, 5.41) is 29.6. The highest BCUT2D eigenvalue weighted by molar-refractivity contribution is 6.41. The van der Waals surface area contributed by atoms with Gasteiger partial charge >= 0.3 is 7.12 Å². The van der Waals surface area contributed by atoms with Crippen LogP contribution >= 0.6 is 81.2 Å². The van der Waals surface area contributed by atoms with Gasteiger partial charge in [-0.05, 0) is 61.1 Å². The zero-order valence-electron chi connectivity index (χ0n) is 29.3.